The zero-order valence-electron chi connectivity index (χ0n) is 9.47. The molecule has 0 spiro atoms. The first-order valence-electron chi connectivity index (χ1n) is 5.24. The smallest absolute Gasteiger partial charge is 0.154 e. The second-order valence-corrected chi connectivity index (χ2v) is 3.77. The molecule has 0 fully saturated rings. The van der Waals surface area contributed by atoms with Crippen molar-refractivity contribution in [2.45, 2.75) is 6.04 Å². The first-order valence-corrected chi connectivity index (χ1v) is 5.24. The van der Waals surface area contributed by atoms with Gasteiger partial charge in [0.1, 0.15) is 11.7 Å². The molecule has 0 aliphatic heterocycles. The van der Waals surface area contributed by atoms with E-state index in [-0.39, 0.29) is 0 Å². The Morgan fingerprint density at radius 2 is 2.00 bits per heavy atom. The quantitative estimate of drug-likeness (QED) is 0.800. The zero-order valence-corrected chi connectivity index (χ0v) is 9.47. The van der Waals surface area contributed by atoms with Crippen LogP contribution >= 0.6 is 0 Å². The number of hydrogen-bond donors (Lipinski definition) is 1. The van der Waals surface area contributed by atoms with Gasteiger partial charge in [-0.3, -0.25) is 0 Å². The summed E-state index contributed by atoms with van der Waals surface area (Å²) in [6.45, 7) is 0. The summed E-state index contributed by atoms with van der Waals surface area (Å²) < 4.78 is 5.19. The van der Waals surface area contributed by atoms with E-state index in [4.69, 9.17) is 4.74 Å². The number of carbonyl (C=O) groups excluding carboxylic acids is 1. The molecule has 0 unspecified atom stereocenters. The summed E-state index contributed by atoms with van der Waals surface area (Å²) in [4.78, 5) is 11.0. The number of ether oxygens (including phenoxy) is 1. The minimum Gasteiger partial charge on any atom is -0.544 e. The Labute approximate surface area is 98.6 Å². The number of carboxylic acids is 1. The molecule has 2 aromatic carbocycles. The molecule has 2 aromatic rings. The number of carboxylic acid groups (broad SMARTS) is 1. The standard InChI is InChI=1S/C13H13NO3/c1-17-10-7-6-8-4-2-3-5-9(8)11(10)12(14)13(15)16/h2-7,12H,14H2,1H3,(H,15,16)/t12-/m0/s1. The van der Waals surface area contributed by atoms with Crippen LogP contribution in [0.1, 0.15) is 11.6 Å². The molecule has 3 N–H and O–H groups in total. The molecule has 0 saturated carbocycles. The van der Waals surface area contributed by atoms with Crippen LogP contribution in [-0.4, -0.2) is 13.1 Å². The van der Waals surface area contributed by atoms with Crippen LogP contribution in [0.2, 0.25) is 0 Å². The van der Waals surface area contributed by atoms with E-state index >= 15 is 0 Å². The molecule has 1 atom stereocenters. The molecule has 0 aromatic heterocycles. The van der Waals surface area contributed by atoms with Crippen LogP contribution in [0.15, 0.2) is 36.4 Å². The van der Waals surface area contributed by atoms with Crippen LogP contribution in [-0.2, 0) is 4.79 Å². The molecule has 4 heteroatoms. The van der Waals surface area contributed by atoms with Crippen LogP contribution in [0.3, 0.4) is 0 Å². The molecule has 2 rings (SSSR count). The third-order valence-corrected chi connectivity index (χ3v) is 2.78. The molecule has 0 saturated heterocycles. The summed E-state index contributed by atoms with van der Waals surface area (Å²) in [5, 5.41) is 12.8. The lowest BCUT2D eigenvalue weighted by Gasteiger charge is -2.16. The number of quaternary nitrogens is 1. The molecule has 0 radical (unpaired) electrons. The van der Waals surface area contributed by atoms with E-state index in [0.29, 0.717) is 11.3 Å². The van der Waals surface area contributed by atoms with Gasteiger partial charge in [-0.1, -0.05) is 30.3 Å². The van der Waals surface area contributed by atoms with Crippen molar-refractivity contribution in [3.63, 3.8) is 0 Å². The molecular formula is C13H13NO3. The van der Waals surface area contributed by atoms with Crippen LogP contribution in [0.4, 0.5) is 0 Å². The molecule has 88 valence electrons. The summed E-state index contributed by atoms with van der Waals surface area (Å²) in [5.41, 5.74) is 4.19. The van der Waals surface area contributed by atoms with Crippen LogP contribution in [0.25, 0.3) is 10.8 Å². The fraction of sp³-hybridized carbons (Fsp3) is 0.154. The lowest BCUT2D eigenvalue weighted by Crippen LogP contribution is -2.61. The Morgan fingerprint density at radius 3 is 2.65 bits per heavy atom. The number of rotatable bonds is 3. The highest BCUT2D eigenvalue weighted by Crippen LogP contribution is 2.31. The van der Waals surface area contributed by atoms with E-state index in [9.17, 15) is 9.90 Å². The summed E-state index contributed by atoms with van der Waals surface area (Å²) >= 11 is 0. The average Bonchev–Trinajstić information content (AvgIpc) is 2.36. The van der Waals surface area contributed by atoms with Gasteiger partial charge in [0.15, 0.2) is 6.04 Å². The van der Waals surface area contributed by atoms with Crippen LogP contribution in [0.5, 0.6) is 5.75 Å². The predicted molar refractivity (Wildman–Crippen MR) is 61.1 cm³/mol. The maximum atomic E-state index is 11.0. The van der Waals surface area contributed by atoms with Crippen molar-refractivity contribution < 1.29 is 20.4 Å². The highest BCUT2D eigenvalue weighted by molar-refractivity contribution is 5.91. The minimum absolute atomic E-state index is 0.521. The molecule has 0 amide bonds. The largest absolute Gasteiger partial charge is 0.544 e. The third-order valence-electron chi connectivity index (χ3n) is 2.78. The Morgan fingerprint density at radius 1 is 1.29 bits per heavy atom. The molecule has 0 bridgehead atoms. The number of benzene rings is 2. The van der Waals surface area contributed by atoms with Gasteiger partial charge in [-0.15, -0.1) is 0 Å². The van der Waals surface area contributed by atoms with Crippen molar-refractivity contribution in [3.05, 3.63) is 42.0 Å². The van der Waals surface area contributed by atoms with Gasteiger partial charge in [-0.05, 0) is 16.8 Å². The van der Waals surface area contributed by atoms with Crippen molar-refractivity contribution in [2.75, 3.05) is 7.11 Å². The summed E-state index contributed by atoms with van der Waals surface area (Å²) in [7, 11) is 1.51. The van der Waals surface area contributed by atoms with E-state index in [1.54, 1.807) is 6.07 Å². The average molecular weight is 231 g/mol. The number of methoxy groups -OCH3 is 1. The molecule has 4 nitrogen and oxygen atoms in total. The number of hydrogen-bond acceptors (Lipinski definition) is 3. The van der Waals surface area contributed by atoms with Crippen molar-refractivity contribution in [1.82, 2.24) is 0 Å². The first kappa shape index (κ1) is 11.4. The van der Waals surface area contributed by atoms with E-state index in [0.717, 1.165) is 10.8 Å². The van der Waals surface area contributed by atoms with Crippen molar-refractivity contribution >= 4 is 16.7 Å². The minimum atomic E-state index is -1.21. The predicted octanol–water partition coefficient (Wildman–Crippen LogP) is -0.119. The van der Waals surface area contributed by atoms with Crippen molar-refractivity contribution in [3.8, 4) is 5.75 Å². The lowest BCUT2D eigenvalue weighted by molar-refractivity contribution is -0.442. The number of carbonyl (C=O) groups is 1. The first-order chi connectivity index (χ1) is 8.15. The zero-order chi connectivity index (χ0) is 12.4. The van der Waals surface area contributed by atoms with Gasteiger partial charge in [-0.25, -0.2) is 0 Å². The molecule has 0 heterocycles. The van der Waals surface area contributed by atoms with Crippen LogP contribution < -0.4 is 15.6 Å². The fourth-order valence-corrected chi connectivity index (χ4v) is 1.93. The second kappa shape index (κ2) is 4.43. The number of fused-ring (bicyclic) bond motifs is 1. The maximum Gasteiger partial charge on any atom is 0.154 e. The van der Waals surface area contributed by atoms with Gasteiger partial charge in [0.2, 0.25) is 0 Å². The van der Waals surface area contributed by atoms with E-state index < -0.39 is 12.0 Å². The molecule has 17 heavy (non-hydrogen) atoms. The Kier molecular flexibility index (Phi) is 2.97. The SMILES string of the molecule is COc1ccc2ccccc2c1[C@H]([NH3+])C(=O)[O-]. The van der Waals surface area contributed by atoms with Gasteiger partial charge in [-0.2, -0.15) is 0 Å². The molecule has 0 aliphatic carbocycles. The Bertz CT molecular complexity index is 566. The maximum absolute atomic E-state index is 11.0. The summed E-state index contributed by atoms with van der Waals surface area (Å²) in [6.07, 6.45) is 0. The topological polar surface area (TPSA) is 77.0 Å². The van der Waals surface area contributed by atoms with Gasteiger partial charge in [0.05, 0.1) is 12.7 Å². The summed E-state index contributed by atoms with van der Waals surface area (Å²) in [6, 6.07) is 10.2. The van der Waals surface area contributed by atoms with Gasteiger partial charge < -0.3 is 20.4 Å². The second-order valence-electron chi connectivity index (χ2n) is 3.77. The van der Waals surface area contributed by atoms with Gasteiger partial charge in [0, 0.05) is 0 Å². The van der Waals surface area contributed by atoms with E-state index in [1.165, 1.54) is 7.11 Å². The Hall–Kier alpha value is -2.07. The molecular weight excluding hydrogens is 218 g/mol. The Balaban J connectivity index is 2.75. The monoisotopic (exact) mass is 231 g/mol. The van der Waals surface area contributed by atoms with E-state index in [1.807, 2.05) is 30.3 Å². The van der Waals surface area contributed by atoms with E-state index in [2.05, 4.69) is 5.73 Å². The van der Waals surface area contributed by atoms with Gasteiger partial charge in [0.25, 0.3) is 0 Å². The van der Waals surface area contributed by atoms with Crippen molar-refractivity contribution in [1.29, 1.82) is 0 Å². The number of aliphatic carboxylic acids is 1. The fourth-order valence-electron chi connectivity index (χ4n) is 1.93. The third kappa shape index (κ3) is 1.94. The highest BCUT2D eigenvalue weighted by atomic mass is 16.5. The normalized spacial score (nSPS) is 12.4. The van der Waals surface area contributed by atoms with Crippen molar-refractivity contribution in [2.24, 2.45) is 0 Å². The van der Waals surface area contributed by atoms with Gasteiger partial charge >= 0.3 is 0 Å². The lowest BCUT2D eigenvalue weighted by atomic mass is 9.98. The summed E-state index contributed by atoms with van der Waals surface area (Å²) in [5.74, 6) is -0.687. The highest BCUT2D eigenvalue weighted by Gasteiger charge is 2.19. The molecule has 0 aliphatic rings. The van der Waals surface area contributed by atoms with Crippen LogP contribution in [0, 0.1) is 0 Å².